The summed E-state index contributed by atoms with van der Waals surface area (Å²) in [5.41, 5.74) is 2.79. The molecule has 1 aromatic carbocycles. The number of benzene rings is 1. The SMILES string of the molecule is CNc1cc(C(=O)N2CC=C(c3ccc(O)cc3)CC2)cc(Cl)n1. The molecule has 0 fully saturated rings. The third-order valence-corrected chi connectivity index (χ3v) is 4.23. The van der Waals surface area contributed by atoms with Gasteiger partial charge in [-0.3, -0.25) is 4.79 Å². The zero-order chi connectivity index (χ0) is 17.1. The van der Waals surface area contributed by atoms with E-state index in [4.69, 9.17) is 11.6 Å². The van der Waals surface area contributed by atoms with E-state index in [0.717, 1.165) is 12.0 Å². The van der Waals surface area contributed by atoms with Crippen LogP contribution in [-0.4, -0.2) is 41.0 Å². The first kappa shape index (κ1) is 16.3. The normalized spacial score (nSPS) is 14.2. The van der Waals surface area contributed by atoms with Crippen LogP contribution in [0.4, 0.5) is 5.82 Å². The lowest BCUT2D eigenvalue weighted by Crippen LogP contribution is -2.34. The Morgan fingerprint density at radius 1 is 1.29 bits per heavy atom. The predicted octanol–water partition coefficient (Wildman–Crippen LogP) is 3.41. The van der Waals surface area contributed by atoms with E-state index < -0.39 is 0 Å². The van der Waals surface area contributed by atoms with Gasteiger partial charge in [-0.2, -0.15) is 0 Å². The summed E-state index contributed by atoms with van der Waals surface area (Å²) in [6.07, 6.45) is 2.82. The van der Waals surface area contributed by atoms with Crippen LogP contribution in [0, 0.1) is 0 Å². The van der Waals surface area contributed by atoms with Crippen molar-refractivity contribution in [3.05, 3.63) is 58.8 Å². The van der Waals surface area contributed by atoms with Crippen molar-refractivity contribution in [2.45, 2.75) is 6.42 Å². The van der Waals surface area contributed by atoms with E-state index in [9.17, 15) is 9.90 Å². The lowest BCUT2D eigenvalue weighted by molar-refractivity contribution is 0.0773. The molecule has 3 rings (SSSR count). The maximum atomic E-state index is 12.7. The fourth-order valence-corrected chi connectivity index (χ4v) is 2.93. The maximum Gasteiger partial charge on any atom is 0.254 e. The molecular weight excluding hydrogens is 326 g/mol. The number of pyridine rings is 1. The summed E-state index contributed by atoms with van der Waals surface area (Å²) in [6.45, 7) is 1.18. The number of phenols is 1. The van der Waals surface area contributed by atoms with Crippen molar-refractivity contribution >= 4 is 28.9 Å². The molecule has 0 unspecified atom stereocenters. The van der Waals surface area contributed by atoms with Gasteiger partial charge in [-0.1, -0.05) is 29.8 Å². The zero-order valence-electron chi connectivity index (χ0n) is 13.3. The number of anilines is 1. The highest BCUT2D eigenvalue weighted by molar-refractivity contribution is 6.29. The van der Waals surface area contributed by atoms with Crippen LogP contribution in [0.5, 0.6) is 5.75 Å². The van der Waals surface area contributed by atoms with Gasteiger partial charge in [-0.25, -0.2) is 4.98 Å². The average Bonchev–Trinajstić information content (AvgIpc) is 2.61. The molecule has 1 aliphatic heterocycles. The number of amides is 1. The van der Waals surface area contributed by atoms with Gasteiger partial charge in [0.1, 0.15) is 16.7 Å². The molecule has 0 spiro atoms. The van der Waals surface area contributed by atoms with Gasteiger partial charge in [-0.05, 0) is 41.8 Å². The Hall–Kier alpha value is -2.53. The van der Waals surface area contributed by atoms with Crippen LogP contribution in [-0.2, 0) is 0 Å². The summed E-state index contributed by atoms with van der Waals surface area (Å²) in [5, 5.41) is 12.6. The summed E-state index contributed by atoms with van der Waals surface area (Å²) < 4.78 is 0. The number of aromatic nitrogens is 1. The molecule has 1 amide bonds. The number of hydrogen-bond donors (Lipinski definition) is 2. The first-order valence-corrected chi connectivity index (χ1v) is 8.07. The van der Waals surface area contributed by atoms with E-state index in [1.807, 2.05) is 12.1 Å². The molecular formula is C18H18ClN3O2. The molecule has 24 heavy (non-hydrogen) atoms. The largest absolute Gasteiger partial charge is 0.508 e. The van der Waals surface area contributed by atoms with Gasteiger partial charge in [-0.15, -0.1) is 0 Å². The summed E-state index contributed by atoms with van der Waals surface area (Å²) in [7, 11) is 1.74. The molecule has 2 aromatic rings. The number of nitrogens with one attached hydrogen (secondary N) is 1. The van der Waals surface area contributed by atoms with Crippen molar-refractivity contribution in [2.24, 2.45) is 0 Å². The van der Waals surface area contributed by atoms with Crippen molar-refractivity contribution in [2.75, 3.05) is 25.5 Å². The van der Waals surface area contributed by atoms with Crippen LogP contribution >= 0.6 is 11.6 Å². The Morgan fingerprint density at radius 3 is 2.67 bits per heavy atom. The number of rotatable bonds is 3. The van der Waals surface area contributed by atoms with Crippen LogP contribution in [0.15, 0.2) is 42.5 Å². The number of carbonyl (C=O) groups excluding carboxylic acids is 1. The molecule has 2 heterocycles. The number of nitrogens with zero attached hydrogens (tertiary/aromatic N) is 2. The quantitative estimate of drug-likeness (QED) is 0.838. The van der Waals surface area contributed by atoms with Gasteiger partial charge >= 0.3 is 0 Å². The average molecular weight is 344 g/mol. The minimum atomic E-state index is -0.0585. The first-order chi connectivity index (χ1) is 11.6. The zero-order valence-corrected chi connectivity index (χ0v) is 14.0. The standard InChI is InChI=1S/C18H18ClN3O2/c1-20-17-11-14(10-16(19)21-17)18(24)22-8-6-13(7-9-22)12-2-4-15(23)5-3-12/h2-6,10-11,23H,7-9H2,1H3,(H,20,21). The highest BCUT2D eigenvalue weighted by atomic mass is 35.5. The van der Waals surface area contributed by atoms with Gasteiger partial charge in [0.05, 0.1) is 0 Å². The van der Waals surface area contributed by atoms with Crippen LogP contribution in [0.2, 0.25) is 5.15 Å². The Kier molecular flexibility index (Phi) is 4.71. The molecule has 0 saturated heterocycles. The Morgan fingerprint density at radius 2 is 2.04 bits per heavy atom. The minimum absolute atomic E-state index is 0.0585. The van der Waals surface area contributed by atoms with Crippen molar-refractivity contribution in [1.82, 2.24) is 9.88 Å². The molecule has 2 N–H and O–H groups in total. The third-order valence-electron chi connectivity index (χ3n) is 4.03. The summed E-state index contributed by atoms with van der Waals surface area (Å²) in [5.74, 6) is 0.766. The predicted molar refractivity (Wildman–Crippen MR) is 95.4 cm³/mol. The smallest absolute Gasteiger partial charge is 0.254 e. The van der Waals surface area contributed by atoms with E-state index in [2.05, 4.69) is 16.4 Å². The van der Waals surface area contributed by atoms with Gasteiger partial charge in [0, 0.05) is 25.7 Å². The minimum Gasteiger partial charge on any atom is -0.508 e. The monoisotopic (exact) mass is 343 g/mol. The van der Waals surface area contributed by atoms with E-state index in [0.29, 0.717) is 29.6 Å². The van der Waals surface area contributed by atoms with Crippen LogP contribution < -0.4 is 5.32 Å². The first-order valence-electron chi connectivity index (χ1n) is 7.70. The van der Waals surface area contributed by atoms with Crippen LogP contribution in [0.1, 0.15) is 22.3 Å². The molecule has 0 bridgehead atoms. The fourth-order valence-electron chi connectivity index (χ4n) is 2.72. The second kappa shape index (κ2) is 6.93. The number of hydrogen-bond acceptors (Lipinski definition) is 4. The molecule has 1 aromatic heterocycles. The molecule has 0 radical (unpaired) electrons. The van der Waals surface area contributed by atoms with E-state index >= 15 is 0 Å². The molecule has 1 aliphatic rings. The molecule has 6 heteroatoms. The van der Waals surface area contributed by atoms with Crippen LogP contribution in [0.3, 0.4) is 0 Å². The number of halogens is 1. The Balaban J connectivity index is 1.75. The molecule has 0 saturated carbocycles. The van der Waals surface area contributed by atoms with Gasteiger partial charge in [0.25, 0.3) is 5.91 Å². The third kappa shape index (κ3) is 3.51. The number of aromatic hydroxyl groups is 1. The second-order valence-corrected chi connectivity index (χ2v) is 5.98. The van der Waals surface area contributed by atoms with E-state index in [1.165, 1.54) is 5.57 Å². The van der Waals surface area contributed by atoms with Crippen molar-refractivity contribution < 1.29 is 9.90 Å². The summed E-state index contributed by atoms with van der Waals surface area (Å²) >= 11 is 5.97. The number of phenolic OH excluding ortho intramolecular Hbond substituents is 1. The lowest BCUT2D eigenvalue weighted by atomic mass is 9.99. The Bertz CT molecular complexity index is 787. The molecule has 0 atom stereocenters. The Labute approximate surface area is 145 Å². The molecule has 0 aliphatic carbocycles. The van der Waals surface area contributed by atoms with Crippen molar-refractivity contribution in [1.29, 1.82) is 0 Å². The van der Waals surface area contributed by atoms with Gasteiger partial charge < -0.3 is 15.3 Å². The van der Waals surface area contributed by atoms with Crippen molar-refractivity contribution in [3.63, 3.8) is 0 Å². The van der Waals surface area contributed by atoms with E-state index in [1.54, 1.807) is 36.2 Å². The van der Waals surface area contributed by atoms with Crippen molar-refractivity contribution in [3.8, 4) is 5.75 Å². The highest BCUT2D eigenvalue weighted by Gasteiger charge is 2.20. The van der Waals surface area contributed by atoms with E-state index in [-0.39, 0.29) is 11.7 Å². The maximum absolute atomic E-state index is 12.7. The van der Waals surface area contributed by atoms with Gasteiger partial charge in [0.15, 0.2) is 0 Å². The summed E-state index contributed by atoms with van der Waals surface area (Å²) in [6, 6.07) is 10.4. The second-order valence-electron chi connectivity index (χ2n) is 5.59. The molecule has 5 nitrogen and oxygen atoms in total. The number of carbonyl (C=O) groups is 1. The van der Waals surface area contributed by atoms with Crippen LogP contribution in [0.25, 0.3) is 5.57 Å². The highest BCUT2D eigenvalue weighted by Crippen LogP contribution is 2.25. The fraction of sp³-hybridized carbons (Fsp3) is 0.222. The summed E-state index contributed by atoms with van der Waals surface area (Å²) in [4.78, 5) is 18.5. The molecule has 124 valence electrons. The topological polar surface area (TPSA) is 65.5 Å². The lowest BCUT2D eigenvalue weighted by Gasteiger charge is -2.27. The van der Waals surface area contributed by atoms with Gasteiger partial charge in [0.2, 0.25) is 0 Å².